The molecule has 3 rings (SSSR count). The lowest BCUT2D eigenvalue weighted by atomic mass is 9.96. The summed E-state index contributed by atoms with van der Waals surface area (Å²) in [6.45, 7) is 2.72. The number of hydrogen-bond donors (Lipinski definition) is 1. The fourth-order valence-corrected chi connectivity index (χ4v) is 3.40. The van der Waals surface area contributed by atoms with Gasteiger partial charge in [-0.25, -0.2) is 5.43 Å². The molecule has 0 saturated carbocycles. The third-order valence-corrected chi connectivity index (χ3v) is 5.32. The van der Waals surface area contributed by atoms with E-state index < -0.39 is 0 Å². The third kappa shape index (κ3) is 5.66. The van der Waals surface area contributed by atoms with Gasteiger partial charge in [-0.1, -0.05) is 51.8 Å². The molecule has 6 heteroatoms. The molecule has 1 aliphatic heterocycles. The first kappa shape index (κ1) is 19.1. The van der Waals surface area contributed by atoms with Crippen molar-refractivity contribution < 1.29 is 4.79 Å². The quantitative estimate of drug-likeness (QED) is 0.557. The lowest BCUT2D eigenvalue weighted by Gasteiger charge is -2.30. The fourth-order valence-electron chi connectivity index (χ4n) is 3.01. The molecule has 0 aromatic heterocycles. The monoisotopic (exact) mass is 433 g/mol. The van der Waals surface area contributed by atoms with E-state index in [9.17, 15) is 4.79 Å². The number of likely N-dealkylation sites (tertiary alicyclic amines) is 1. The Bertz CT molecular complexity index is 754. The van der Waals surface area contributed by atoms with E-state index in [0.717, 1.165) is 47.5 Å². The van der Waals surface area contributed by atoms with Crippen LogP contribution in [0.5, 0.6) is 0 Å². The van der Waals surface area contributed by atoms with Crippen molar-refractivity contribution in [3.63, 3.8) is 0 Å². The second-order valence-corrected chi connectivity index (χ2v) is 7.81. The van der Waals surface area contributed by atoms with Crippen LogP contribution in [0.3, 0.4) is 0 Å². The first-order valence-electron chi connectivity index (χ1n) is 8.65. The van der Waals surface area contributed by atoms with Crippen LogP contribution in [-0.2, 0) is 11.3 Å². The van der Waals surface area contributed by atoms with Crippen LogP contribution in [0, 0.1) is 5.92 Å². The zero-order valence-electron chi connectivity index (χ0n) is 14.4. The fraction of sp³-hybridized carbons (Fsp3) is 0.300. The molecule has 4 nitrogen and oxygen atoms in total. The predicted molar refractivity (Wildman–Crippen MR) is 109 cm³/mol. The van der Waals surface area contributed by atoms with E-state index in [1.807, 2.05) is 36.4 Å². The first-order valence-corrected chi connectivity index (χ1v) is 9.82. The van der Waals surface area contributed by atoms with Gasteiger partial charge in [0, 0.05) is 22.0 Å². The van der Waals surface area contributed by atoms with Gasteiger partial charge in [-0.05, 0) is 61.3 Å². The molecule has 1 saturated heterocycles. The molecule has 0 spiro atoms. The van der Waals surface area contributed by atoms with Crippen LogP contribution in [0.25, 0.3) is 0 Å². The van der Waals surface area contributed by atoms with Crippen LogP contribution in [0.15, 0.2) is 58.1 Å². The minimum atomic E-state index is 0.00417. The Labute approximate surface area is 167 Å². The van der Waals surface area contributed by atoms with Crippen molar-refractivity contribution >= 4 is 39.7 Å². The second-order valence-electron chi connectivity index (χ2n) is 6.46. The van der Waals surface area contributed by atoms with E-state index in [1.54, 1.807) is 6.21 Å². The lowest BCUT2D eigenvalue weighted by molar-refractivity contribution is -0.126. The topological polar surface area (TPSA) is 44.7 Å². The molecular formula is C20H21BrClN3O. The Morgan fingerprint density at radius 2 is 1.81 bits per heavy atom. The molecular weight excluding hydrogens is 414 g/mol. The first-order chi connectivity index (χ1) is 12.6. The highest BCUT2D eigenvalue weighted by molar-refractivity contribution is 9.10. The van der Waals surface area contributed by atoms with Gasteiger partial charge in [0.2, 0.25) is 5.91 Å². The van der Waals surface area contributed by atoms with Crippen molar-refractivity contribution in [2.24, 2.45) is 11.0 Å². The zero-order valence-corrected chi connectivity index (χ0v) is 16.7. The van der Waals surface area contributed by atoms with E-state index in [-0.39, 0.29) is 11.8 Å². The summed E-state index contributed by atoms with van der Waals surface area (Å²) in [5, 5.41) is 4.83. The number of rotatable bonds is 5. The SMILES string of the molecule is O=C(NN=Cc1ccc(Br)cc1)C1CCN(Cc2ccc(Cl)cc2)CC1. The Balaban J connectivity index is 1.43. The smallest absolute Gasteiger partial charge is 0.243 e. The number of hydrogen-bond acceptors (Lipinski definition) is 3. The van der Waals surface area contributed by atoms with E-state index in [4.69, 9.17) is 11.6 Å². The van der Waals surface area contributed by atoms with Gasteiger partial charge in [0.15, 0.2) is 0 Å². The van der Waals surface area contributed by atoms with Gasteiger partial charge in [0.25, 0.3) is 0 Å². The zero-order chi connectivity index (χ0) is 18.4. The molecule has 0 atom stereocenters. The summed E-state index contributed by atoms with van der Waals surface area (Å²) in [6, 6.07) is 15.7. The summed E-state index contributed by atoms with van der Waals surface area (Å²) in [5.41, 5.74) is 4.87. The molecule has 2 aromatic rings. The number of halogens is 2. The Hall–Kier alpha value is -1.69. The van der Waals surface area contributed by atoms with Crippen molar-refractivity contribution in [3.05, 3.63) is 69.2 Å². The van der Waals surface area contributed by atoms with E-state index in [1.165, 1.54) is 5.56 Å². The van der Waals surface area contributed by atoms with Gasteiger partial charge < -0.3 is 0 Å². The highest BCUT2D eigenvalue weighted by Crippen LogP contribution is 2.20. The Morgan fingerprint density at radius 3 is 2.46 bits per heavy atom. The number of carbonyl (C=O) groups is 1. The molecule has 1 amide bonds. The number of hydrazone groups is 1. The molecule has 26 heavy (non-hydrogen) atoms. The maximum Gasteiger partial charge on any atom is 0.243 e. The number of nitrogens with zero attached hydrogens (tertiary/aromatic N) is 2. The van der Waals surface area contributed by atoms with Crippen molar-refractivity contribution in [2.45, 2.75) is 19.4 Å². The van der Waals surface area contributed by atoms with Crippen molar-refractivity contribution in [1.82, 2.24) is 10.3 Å². The minimum absolute atomic E-state index is 0.00417. The van der Waals surface area contributed by atoms with Crippen LogP contribution in [0.1, 0.15) is 24.0 Å². The van der Waals surface area contributed by atoms with E-state index >= 15 is 0 Å². The van der Waals surface area contributed by atoms with Gasteiger partial charge in [-0.3, -0.25) is 9.69 Å². The molecule has 1 aliphatic rings. The molecule has 2 aromatic carbocycles. The molecule has 136 valence electrons. The minimum Gasteiger partial charge on any atom is -0.299 e. The molecule has 1 heterocycles. The van der Waals surface area contributed by atoms with Crippen LogP contribution < -0.4 is 5.43 Å². The highest BCUT2D eigenvalue weighted by atomic mass is 79.9. The third-order valence-electron chi connectivity index (χ3n) is 4.54. The Kier molecular flexibility index (Phi) is 6.83. The Morgan fingerprint density at radius 1 is 1.15 bits per heavy atom. The van der Waals surface area contributed by atoms with E-state index in [2.05, 4.69) is 43.5 Å². The normalized spacial score (nSPS) is 16.1. The van der Waals surface area contributed by atoms with Crippen molar-refractivity contribution in [1.29, 1.82) is 0 Å². The van der Waals surface area contributed by atoms with Crippen molar-refractivity contribution in [2.75, 3.05) is 13.1 Å². The number of piperidine rings is 1. The summed E-state index contributed by atoms with van der Waals surface area (Å²) in [5.74, 6) is 0.0306. The van der Waals surface area contributed by atoms with Gasteiger partial charge in [0.05, 0.1) is 6.21 Å². The lowest BCUT2D eigenvalue weighted by Crippen LogP contribution is -2.39. The summed E-state index contributed by atoms with van der Waals surface area (Å²) >= 11 is 9.32. The standard InChI is InChI=1S/C20H21BrClN3O/c21-18-5-1-15(2-6-18)13-23-24-20(26)17-9-11-25(12-10-17)14-16-3-7-19(22)8-4-16/h1-8,13,17H,9-12,14H2,(H,24,26). The molecule has 0 aliphatic carbocycles. The summed E-state index contributed by atoms with van der Waals surface area (Å²) in [6.07, 6.45) is 3.38. The maximum atomic E-state index is 12.3. The number of amides is 1. The number of carbonyl (C=O) groups excluding carboxylic acids is 1. The van der Waals surface area contributed by atoms with E-state index in [0.29, 0.717) is 0 Å². The molecule has 0 unspecified atom stereocenters. The average molecular weight is 435 g/mol. The number of nitrogens with one attached hydrogen (secondary N) is 1. The van der Waals surface area contributed by atoms with Crippen LogP contribution in [0.2, 0.25) is 5.02 Å². The predicted octanol–water partition coefficient (Wildman–Crippen LogP) is 4.46. The maximum absolute atomic E-state index is 12.3. The molecule has 1 fully saturated rings. The molecule has 0 bridgehead atoms. The molecule has 1 N–H and O–H groups in total. The van der Waals surface area contributed by atoms with Crippen LogP contribution >= 0.6 is 27.5 Å². The number of benzene rings is 2. The average Bonchev–Trinajstić information content (AvgIpc) is 2.66. The van der Waals surface area contributed by atoms with Gasteiger partial charge in [-0.2, -0.15) is 5.10 Å². The van der Waals surface area contributed by atoms with Gasteiger partial charge in [-0.15, -0.1) is 0 Å². The summed E-state index contributed by atoms with van der Waals surface area (Å²) in [7, 11) is 0. The van der Waals surface area contributed by atoms with Crippen LogP contribution in [0.4, 0.5) is 0 Å². The summed E-state index contributed by atoms with van der Waals surface area (Å²) in [4.78, 5) is 14.7. The highest BCUT2D eigenvalue weighted by Gasteiger charge is 2.24. The summed E-state index contributed by atoms with van der Waals surface area (Å²) < 4.78 is 1.02. The van der Waals surface area contributed by atoms with Crippen molar-refractivity contribution in [3.8, 4) is 0 Å². The molecule has 0 radical (unpaired) electrons. The van der Waals surface area contributed by atoms with Gasteiger partial charge >= 0.3 is 0 Å². The van der Waals surface area contributed by atoms with Crippen LogP contribution in [-0.4, -0.2) is 30.1 Å². The second kappa shape index (κ2) is 9.31. The van der Waals surface area contributed by atoms with Gasteiger partial charge in [0.1, 0.15) is 0 Å². The largest absolute Gasteiger partial charge is 0.299 e.